The Bertz CT molecular complexity index is 589. The summed E-state index contributed by atoms with van der Waals surface area (Å²) in [6.07, 6.45) is 2.53. The fourth-order valence-corrected chi connectivity index (χ4v) is 3.46. The lowest BCUT2D eigenvalue weighted by molar-refractivity contribution is 0.0696. The number of nitrogens with one attached hydrogen (secondary N) is 1. The van der Waals surface area contributed by atoms with E-state index in [-0.39, 0.29) is 11.6 Å². The molecule has 0 radical (unpaired) electrons. The van der Waals surface area contributed by atoms with Crippen molar-refractivity contribution in [3.8, 4) is 0 Å². The second kappa shape index (κ2) is 7.05. The van der Waals surface area contributed by atoms with E-state index in [1.54, 1.807) is 18.7 Å². The lowest BCUT2D eigenvalue weighted by Gasteiger charge is -2.14. The summed E-state index contributed by atoms with van der Waals surface area (Å²) in [4.78, 5) is 10.1. The first kappa shape index (κ1) is 16.9. The average molecular weight is 321 g/mol. The fraction of sp³-hybridized carbons (Fsp3) is 0.417. The zero-order chi connectivity index (χ0) is 15.3. The van der Waals surface area contributed by atoms with Crippen LogP contribution < -0.4 is 4.72 Å². The van der Waals surface area contributed by atoms with Gasteiger partial charge in [-0.15, -0.1) is 0 Å². The lowest BCUT2D eigenvalue weighted by Crippen LogP contribution is -2.33. The van der Waals surface area contributed by atoms with Crippen LogP contribution in [-0.4, -0.2) is 37.5 Å². The van der Waals surface area contributed by atoms with Crippen LogP contribution in [0.15, 0.2) is 23.1 Å². The number of carboxylic acid groups (broad SMARTS) is 1. The Kier molecular flexibility index (Phi) is 5.97. The molecule has 112 valence electrons. The van der Waals surface area contributed by atoms with Crippen LogP contribution in [0.3, 0.4) is 0 Å². The minimum absolute atomic E-state index is 0.295. The van der Waals surface area contributed by atoms with Crippen LogP contribution in [0.4, 0.5) is 4.39 Å². The topological polar surface area (TPSA) is 83.5 Å². The van der Waals surface area contributed by atoms with Crippen LogP contribution in [-0.2, 0) is 10.0 Å². The van der Waals surface area contributed by atoms with Gasteiger partial charge in [-0.1, -0.05) is 0 Å². The molecule has 1 atom stereocenters. The van der Waals surface area contributed by atoms with Crippen LogP contribution in [0.5, 0.6) is 0 Å². The maximum atomic E-state index is 13.7. The summed E-state index contributed by atoms with van der Waals surface area (Å²) >= 11 is 1.59. The van der Waals surface area contributed by atoms with Crippen molar-refractivity contribution >= 4 is 27.8 Å². The third-order valence-corrected chi connectivity index (χ3v) is 4.85. The molecule has 20 heavy (non-hydrogen) atoms. The highest BCUT2D eigenvalue weighted by atomic mass is 32.2. The minimum Gasteiger partial charge on any atom is -0.478 e. The summed E-state index contributed by atoms with van der Waals surface area (Å²) in [6, 6.07) is 2.39. The van der Waals surface area contributed by atoms with E-state index in [2.05, 4.69) is 4.72 Å². The molecule has 0 bridgehead atoms. The SMILES string of the molecule is CSCCC(C)NS(=O)(=O)c1ccc(C(=O)O)cc1F. The molecule has 0 amide bonds. The van der Waals surface area contributed by atoms with Gasteiger partial charge in [0, 0.05) is 6.04 Å². The summed E-state index contributed by atoms with van der Waals surface area (Å²) in [5, 5.41) is 8.71. The number of hydrogen-bond donors (Lipinski definition) is 2. The van der Waals surface area contributed by atoms with E-state index in [4.69, 9.17) is 5.11 Å². The maximum Gasteiger partial charge on any atom is 0.335 e. The van der Waals surface area contributed by atoms with E-state index in [0.717, 1.165) is 17.9 Å². The molecule has 1 aromatic carbocycles. The van der Waals surface area contributed by atoms with Crippen molar-refractivity contribution < 1.29 is 22.7 Å². The van der Waals surface area contributed by atoms with Crippen molar-refractivity contribution in [3.63, 3.8) is 0 Å². The van der Waals surface area contributed by atoms with Crippen molar-refractivity contribution in [1.29, 1.82) is 0 Å². The molecule has 8 heteroatoms. The van der Waals surface area contributed by atoms with E-state index in [1.807, 2.05) is 6.26 Å². The fourth-order valence-electron chi connectivity index (χ4n) is 1.53. The van der Waals surface area contributed by atoms with Gasteiger partial charge in [-0.3, -0.25) is 0 Å². The van der Waals surface area contributed by atoms with Gasteiger partial charge in [-0.25, -0.2) is 22.3 Å². The van der Waals surface area contributed by atoms with Crippen molar-refractivity contribution in [2.24, 2.45) is 0 Å². The van der Waals surface area contributed by atoms with Crippen molar-refractivity contribution in [2.45, 2.75) is 24.3 Å². The van der Waals surface area contributed by atoms with E-state index in [9.17, 15) is 17.6 Å². The first-order chi connectivity index (χ1) is 9.27. The van der Waals surface area contributed by atoms with Crippen LogP contribution >= 0.6 is 11.8 Å². The molecule has 1 rings (SSSR count). The van der Waals surface area contributed by atoms with E-state index in [0.29, 0.717) is 12.5 Å². The summed E-state index contributed by atoms with van der Waals surface area (Å²) in [5.74, 6) is -1.60. The van der Waals surface area contributed by atoms with E-state index < -0.39 is 26.7 Å². The highest BCUT2D eigenvalue weighted by molar-refractivity contribution is 7.98. The van der Waals surface area contributed by atoms with Gasteiger partial charge in [-0.05, 0) is 43.6 Å². The largest absolute Gasteiger partial charge is 0.478 e. The molecule has 2 N–H and O–H groups in total. The van der Waals surface area contributed by atoms with Gasteiger partial charge in [0.15, 0.2) is 0 Å². The zero-order valence-corrected chi connectivity index (χ0v) is 12.7. The summed E-state index contributed by atoms with van der Waals surface area (Å²) in [6.45, 7) is 1.69. The first-order valence-corrected chi connectivity index (χ1v) is 8.69. The third kappa shape index (κ3) is 4.46. The molecule has 1 aromatic rings. The minimum atomic E-state index is -3.99. The zero-order valence-electron chi connectivity index (χ0n) is 11.1. The molecule has 0 aromatic heterocycles. The summed E-state index contributed by atoms with van der Waals surface area (Å²) < 4.78 is 40.1. The Hall–Kier alpha value is -1.12. The predicted molar refractivity (Wildman–Crippen MR) is 76.1 cm³/mol. The molecule has 0 heterocycles. The summed E-state index contributed by atoms with van der Waals surface area (Å²) in [7, 11) is -3.99. The molecule has 0 aliphatic carbocycles. The van der Waals surface area contributed by atoms with Gasteiger partial charge >= 0.3 is 5.97 Å². The van der Waals surface area contributed by atoms with E-state index >= 15 is 0 Å². The molecular formula is C12H16FNO4S2. The molecule has 0 saturated heterocycles. The number of rotatable bonds is 7. The molecule has 0 aliphatic rings. The second-order valence-corrected chi connectivity index (χ2v) is 6.92. The monoisotopic (exact) mass is 321 g/mol. The van der Waals surface area contributed by atoms with Crippen molar-refractivity contribution in [3.05, 3.63) is 29.6 Å². The van der Waals surface area contributed by atoms with Crippen LogP contribution in [0.25, 0.3) is 0 Å². The second-order valence-electron chi connectivity index (χ2n) is 4.25. The first-order valence-electron chi connectivity index (χ1n) is 5.82. The van der Waals surface area contributed by atoms with Crippen LogP contribution in [0, 0.1) is 5.82 Å². The molecule has 0 aliphatic heterocycles. The average Bonchev–Trinajstić information content (AvgIpc) is 2.35. The number of carboxylic acids is 1. The van der Waals surface area contributed by atoms with Gasteiger partial charge < -0.3 is 5.11 Å². The number of carbonyl (C=O) groups is 1. The van der Waals surface area contributed by atoms with Crippen molar-refractivity contribution in [2.75, 3.05) is 12.0 Å². The van der Waals surface area contributed by atoms with Crippen molar-refractivity contribution in [1.82, 2.24) is 4.72 Å². The smallest absolute Gasteiger partial charge is 0.335 e. The third-order valence-electron chi connectivity index (χ3n) is 2.58. The number of benzene rings is 1. The number of halogens is 1. The van der Waals surface area contributed by atoms with Crippen LogP contribution in [0.2, 0.25) is 0 Å². The number of aromatic carboxylic acids is 1. The molecule has 1 unspecified atom stereocenters. The summed E-state index contributed by atoms with van der Waals surface area (Å²) in [5.41, 5.74) is -0.295. The van der Waals surface area contributed by atoms with Gasteiger partial charge in [-0.2, -0.15) is 11.8 Å². The van der Waals surface area contributed by atoms with Gasteiger partial charge in [0.05, 0.1) is 5.56 Å². The molecule has 0 spiro atoms. The van der Waals surface area contributed by atoms with E-state index in [1.165, 1.54) is 0 Å². The Morgan fingerprint density at radius 2 is 2.15 bits per heavy atom. The highest BCUT2D eigenvalue weighted by Gasteiger charge is 2.22. The van der Waals surface area contributed by atoms with Gasteiger partial charge in [0.2, 0.25) is 10.0 Å². The Labute approximate surface area is 121 Å². The van der Waals surface area contributed by atoms with Gasteiger partial charge in [0.1, 0.15) is 10.7 Å². The number of sulfonamides is 1. The molecular weight excluding hydrogens is 305 g/mol. The number of hydrogen-bond acceptors (Lipinski definition) is 4. The highest BCUT2D eigenvalue weighted by Crippen LogP contribution is 2.17. The Morgan fingerprint density at radius 1 is 1.50 bits per heavy atom. The Balaban J connectivity index is 2.95. The predicted octanol–water partition coefficient (Wildman–Crippen LogP) is 1.94. The molecule has 0 saturated carbocycles. The molecule has 0 fully saturated rings. The molecule has 5 nitrogen and oxygen atoms in total. The normalized spacial score (nSPS) is 13.2. The Morgan fingerprint density at radius 3 is 2.65 bits per heavy atom. The lowest BCUT2D eigenvalue weighted by atomic mass is 10.2. The van der Waals surface area contributed by atoms with Gasteiger partial charge in [0.25, 0.3) is 0 Å². The number of thioether (sulfide) groups is 1. The standard InChI is InChI=1S/C12H16FNO4S2/c1-8(5-6-19-2)14-20(17,18)11-4-3-9(12(15)16)7-10(11)13/h3-4,7-8,14H,5-6H2,1-2H3,(H,15,16). The quantitative estimate of drug-likeness (QED) is 0.802. The van der Waals surface area contributed by atoms with Crippen LogP contribution in [0.1, 0.15) is 23.7 Å². The maximum absolute atomic E-state index is 13.7.